The normalized spacial score (nSPS) is 15.6. The van der Waals surface area contributed by atoms with Crippen LogP contribution < -0.4 is 4.90 Å². The Morgan fingerprint density at radius 1 is 1.19 bits per heavy atom. The molecule has 0 N–H and O–H groups in total. The first-order valence-corrected chi connectivity index (χ1v) is 4.36. The summed E-state index contributed by atoms with van der Waals surface area (Å²) in [4.78, 5) is 23.6. The highest BCUT2D eigenvalue weighted by Gasteiger charge is 2.43. The van der Waals surface area contributed by atoms with Gasteiger partial charge in [0.25, 0.3) is 11.7 Å². The van der Waals surface area contributed by atoms with E-state index >= 15 is 0 Å². The number of nitrogens with zero attached hydrogens (tertiary/aromatic N) is 1. The van der Waals surface area contributed by atoms with Crippen LogP contribution in [-0.4, -0.2) is 18.7 Å². The maximum Gasteiger partial charge on any atom is 0.417 e. The van der Waals surface area contributed by atoms with Gasteiger partial charge in [-0.05, 0) is 12.1 Å². The Labute approximate surface area is 88.5 Å². The fourth-order valence-electron chi connectivity index (χ4n) is 1.66. The smallest absolute Gasteiger partial charge is 0.308 e. The molecular formula is C10H6F3NO2. The van der Waals surface area contributed by atoms with Crippen molar-refractivity contribution in [2.24, 2.45) is 0 Å². The molecule has 1 amide bonds. The van der Waals surface area contributed by atoms with E-state index in [1.807, 2.05) is 0 Å². The number of carbonyl (C=O) groups is 2. The number of halogens is 3. The highest BCUT2D eigenvalue weighted by molar-refractivity contribution is 6.52. The predicted octanol–water partition coefficient (Wildman–Crippen LogP) is 1.86. The minimum absolute atomic E-state index is 0.00447. The van der Waals surface area contributed by atoms with Crippen LogP contribution in [0, 0.1) is 0 Å². The number of likely N-dealkylation sites (N-methyl/N-ethyl adjacent to an activating group) is 1. The second kappa shape index (κ2) is 3.07. The molecule has 1 aromatic rings. The van der Waals surface area contributed by atoms with Crippen molar-refractivity contribution in [3.63, 3.8) is 0 Å². The Balaban J connectivity index is 2.72. The molecule has 1 aliphatic heterocycles. The highest BCUT2D eigenvalue weighted by Crippen LogP contribution is 2.39. The molecule has 16 heavy (non-hydrogen) atoms. The number of anilines is 1. The lowest BCUT2D eigenvalue weighted by Gasteiger charge is -2.12. The average Bonchev–Trinajstić information content (AvgIpc) is 2.43. The Hall–Kier alpha value is -1.85. The van der Waals surface area contributed by atoms with Crippen LogP contribution in [0.3, 0.4) is 0 Å². The third kappa shape index (κ3) is 1.30. The summed E-state index contributed by atoms with van der Waals surface area (Å²) in [5, 5.41) is 0. The minimum Gasteiger partial charge on any atom is -0.308 e. The van der Waals surface area contributed by atoms with Gasteiger partial charge < -0.3 is 4.90 Å². The number of amides is 1. The Kier molecular flexibility index (Phi) is 2.04. The van der Waals surface area contributed by atoms with Crippen LogP contribution in [0.2, 0.25) is 0 Å². The first kappa shape index (κ1) is 10.7. The molecule has 84 valence electrons. The summed E-state index contributed by atoms with van der Waals surface area (Å²) >= 11 is 0. The monoisotopic (exact) mass is 229 g/mol. The van der Waals surface area contributed by atoms with Crippen LogP contribution in [0.5, 0.6) is 0 Å². The van der Waals surface area contributed by atoms with Crippen molar-refractivity contribution < 1.29 is 22.8 Å². The molecule has 0 radical (unpaired) electrons. The van der Waals surface area contributed by atoms with Crippen LogP contribution in [-0.2, 0) is 11.0 Å². The lowest BCUT2D eigenvalue weighted by atomic mass is 10.0. The van der Waals surface area contributed by atoms with Crippen molar-refractivity contribution in [3.05, 3.63) is 29.3 Å². The molecule has 0 saturated heterocycles. The molecule has 0 aliphatic carbocycles. The summed E-state index contributed by atoms with van der Waals surface area (Å²) < 4.78 is 37.8. The van der Waals surface area contributed by atoms with Crippen molar-refractivity contribution in [2.45, 2.75) is 6.18 Å². The van der Waals surface area contributed by atoms with Crippen molar-refractivity contribution in [3.8, 4) is 0 Å². The van der Waals surface area contributed by atoms with Gasteiger partial charge in [-0.3, -0.25) is 9.59 Å². The summed E-state index contributed by atoms with van der Waals surface area (Å²) in [7, 11) is 1.27. The van der Waals surface area contributed by atoms with Gasteiger partial charge in [-0.15, -0.1) is 0 Å². The lowest BCUT2D eigenvalue weighted by Crippen LogP contribution is -2.25. The van der Waals surface area contributed by atoms with Gasteiger partial charge in [0.15, 0.2) is 0 Å². The number of ketones is 1. The summed E-state index contributed by atoms with van der Waals surface area (Å²) in [6, 6.07) is 3.28. The number of fused-ring (bicyclic) bond motifs is 1. The van der Waals surface area contributed by atoms with Gasteiger partial charge in [0, 0.05) is 7.05 Å². The van der Waals surface area contributed by atoms with Crippen LogP contribution >= 0.6 is 0 Å². The van der Waals surface area contributed by atoms with E-state index in [1.165, 1.54) is 19.2 Å². The molecule has 0 spiro atoms. The first-order valence-electron chi connectivity index (χ1n) is 4.36. The van der Waals surface area contributed by atoms with E-state index < -0.39 is 29.0 Å². The molecule has 0 fully saturated rings. The van der Waals surface area contributed by atoms with Gasteiger partial charge in [-0.25, -0.2) is 0 Å². The molecule has 0 bridgehead atoms. The van der Waals surface area contributed by atoms with E-state index in [2.05, 4.69) is 0 Å². The predicted molar refractivity (Wildman–Crippen MR) is 49.2 cm³/mol. The summed E-state index contributed by atoms with van der Waals surface area (Å²) in [5.74, 6) is -2.04. The quantitative estimate of drug-likeness (QED) is 0.637. The number of benzene rings is 1. The van der Waals surface area contributed by atoms with Crippen LogP contribution in [0.25, 0.3) is 0 Å². The SMILES string of the molecule is CN1C(=O)C(=O)c2c1cccc2C(F)(F)F. The van der Waals surface area contributed by atoms with Gasteiger partial charge in [-0.1, -0.05) is 6.07 Å². The fourth-order valence-corrected chi connectivity index (χ4v) is 1.66. The molecule has 6 heteroatoms. The zero-order valence-corrected chi connectivity index (χ0v) is 8.13. The van der Waals surface area contributed by atoms with Gasteiger partial charge >= 0.3 is 6.18 Å². The second-order valence-corrected chi connectivity index (χ2v) is 3.39. The topological polar surface area (TPSA) is 37.4 Å². The zero-order chi connectivity index (χ0) is 12.1. The summed E-state index contributed by atoms with van der Waals surface area (Å²) in [5.41, 5.74) is -1.61. The van der Waals surface area contributed by atoms with Crippen molar-refractivity contribution >= 4 is 17.4 Å². The van der Waals surface area contributed by atoms with E-state index in [0.717, 1.165) is 11.0 Å². The van der Waals surface area contributed by atoms with Gasteiger partial charge in [0.1, 0.15) is 0 Å². The fraction of sp³-hybridized carbons (Fsp3) is 0.200. The standard InChI is InChI=1S/C10H6F3NO2/c1-14-6-4-2-3-5(10(11,12)13)7(6)8(15)9(14)16/h2-4H,1H3. The highest BCUT2D eigenvalue weighted by atomic mass is 19.4. The van der Waals surface area contributed by atoms with Crippen LogP contribution in [0.4, 0.5) is 18.9 Å². The largest absolute Gasteiger partial charge is 0.417 e. The molecule has 1 heterocycles. The van der Waals surface area contributed by atoms with Crippen LogP contribution in [0.15, 0.2) is 18.2 Å². The van der Waals surface area contributed by atoms with Gasteiger partial charge in [-0.2, -0.15) is 13.2 Å². The molecular weight excluding hydrogens is 223 g/mol. The van der Waals surface area contributed by atoms with Crippen molar-refractivity contribution in [1.82, 2.24) is 0 Å². The molecule has 3 nitrogen and oxygen atoms in total. The second-order valence-electron chi connectivity index (χ2n) is 3.39. The summed E-state index contributed by atoms with van der Waals surface area (Å²) in [6.45, 7) is 0. The molecule has 1 aliphatic rings. The molecule has 1 aromatic carbocycles. The van der Waals surface area contributed by atoms with Crippen molar-refractivity contribution in [1.29, 1.82) is 0 Å². The lowest BCUT2D eigenvalue weighted by molar-refractivity contribution is -0.137. The van der Waals surface area contributed by atoms with E-state index in [0.29, 0.717) is 0 Å². The van der Waals surface area contributed by atoms with E-state index in [1.54, 1.807) is 0 Å². The molecule has 2 rings (SSSR count). The average molecular weight is 229 g/mol. The number of alkyl halides is 3. The Morgan fingerprint density at radius 2 is 1.81 bits per heavy atom. The van der Waals surface area contributed by atoms with Crippen molar-refractivity contribution in [2.75, 3.05) is 11.9 Å². The molecule has 0 saturated carbocycles. The van der Waals surface area contributed by atoms with E-state index in [9.17, 15) is 22.8 Å². The summed E-state index contributed by atoms with van der Waals surface area (Å²) in [6.07, 6.45) is -4.63. The molecule has 0 unspecified atom stereocenters. The molecule has 0 atom stereocenters. The number of hydrogen-bond donors (Lipinski definition) is 0. The maximum atomic E-state index is 12.6. The molecule has 0 aromatic heterocycles. The van der Waals surface area contributed by atoms with Crippen LogP contribution in [0.1, 0.15) is 15.9 Å². The maximum absolute atomic E-state index is 12.6. The number of carbonyl (C=O) groups excluding carboxylic acids is 2. The van der Waals surface area contributed by atoms with Gasteiger partial charge in [0.05, 0.1) is 16.8 Å². The Bertz CT molecular complexity index is 493. The number of rotatable bonds is 0. The third-order valence-corrected chi connectivity index (χ3v) is 2.44. The van der Waals surface area contributed by atoms with E-state index in [-0.39, 0.29) is 5.69 Å². The number of hydrogen-bond acceptors (Lipinski definition) is 2. The van der Waals surface area contributed by atoms with Gasteiger partial charge in [0.2, 0.25) is 0 Å². The van der Waals surface area contributed by atoms with E-state index in [4.69, 9.17) is 0 Å². The third-order valence-electron chi connectivity index (χ3n) is 2.44. The number of Topliss-reactive ketones (excluding diaryl/α,β-unsaturated/α-hetero) is 1. The first-order chi connectivity index (χ1) is 7.34. The Morgan fingerprint density at radius 3 is 2.38 bits per heavy atom. The zero-order valence-electron chi connectivity index (χ0n) is 8.13. The minimum atomic E-state index is -4.63.